The van der Waals surface area contributed by atoms with Crippen molar-refractivity contribution in [3.8, 4) is 0 Å². The van der Waals surface area contributed by atoms with E-state index in [9.17, 15) is 4.79 Å². The Morgan fingerprint density at radius 3 is 2.50 bits per heavy atom. The topological polar surface area (TPSA) is 52.1 Å². The van der Waals surface area contributed by atoms with E-state index in [-0.39, 0.29) is 7.58 Å². The highest BCUT2D eigenvalue weighted by molar-refractivity contribution is 5.83. The second kappa shape index (κ2) is 4.53. The number of fused-ring (bicyclic) bond motifs is 1. The molecule has 0 spiro atoms. The molecule has 0 heterocycles. The lowest BCUT2D eigenvalue weighted by Crippen LogP contribution is -1.84. The fourth-order valence-corrected chi connectivity index (χ4v) is 1.46. The molecule has 0 atom stereocenters. The van der Waals surface area contributed by atoms with Gasteiger partial charge in [0.15, 0.2) is 0 Å². The smallest absolute Gasteiger partial charge is 0.124 e. The van der Waals surface area contributed by atoms with Gasteiger partial charge in [-0.1, -0.05) is 42.5 Å². The van der Waals surface area contributed by atoms with E-state index in [1.807, 2.05) is 24.3 Å². The molecular weight excluding hydrogens is 174 g/mol. The Bertz CT molecular complexity index is 442. The van der Waals surface area contributed by atoms with Gasteiger partial charge in [0.05, 0.1) is 0 Å². The maximum atomic E-state index is 10.3. The van der Waals surface area contributed by atoms with Crippen LogP contribution < -0.4 is 6.15 Å². The van der Waals surface area contributed by atoms with Gasteiger partial charge in [0.1, 0.15) is 6.29 Å². The van der Waals surface area contributed by atoms with Gasteiger partial charge in [-0.15, -0.1) is 0 Å². The standard InChI is InChI=1S/C12H10O.H3N.H2/c13-8-7-10-5-6-11-3-1-2-4-12(11)9-10;;/h1-6,8-9H,7H2;1H3;1H. The molecule has 0 saturated heterocycles. The number of carbonyl (C=O) groups is 1. The lowest BCUT2D eigenvalue weighted by Gasteiger charge is -1.99. The highest BCUT2D eigenvalue weighted by Gasteiger charge is 1.94. The Hall–Kier alpha value is -1.67. The first kappa shape index (κ1) is 10.4. The quantitative estimate of drug-likeness (QED) is 0.738. The molecule has 2 rings (SSSR count). The fraction of sp³-hybridized carbons (Fsp3) is 0.0833. The van der Waals surface area contributed by atoms with Crippen LogP contribution in [0.2, 0.25) is 0 Å². The van der Waals surface area contributed by atoms with Gasteiger partial charge < -0.3 is 10.9 Å². The summed E-state index contributed by atoms with van der Waals surface area (Å²) in [5.74, 6) is 0. The summed E-state index contributed by atoms with van der Waals surface area (Å²) in [6.45, 7) is 0. The Morgan fingerprint density at radius 1 is 1.07 bits per heavy atom. The van der Waals surface area contributed by atoms with Crippen molar-refractivity contribution >= 4 is 17.1 Å². The summed E-state index contributed by atoms with van der Waals surface area (Å²) in [4.78, 5) is 10.3. The zero-order chi connectivity index (χ0) is 9.10. The average Bonchev–Trinajstić information content (AvgIpc) is 2.18. The molecular formula is C12H15NO. The molecule has 0 amide bonds. The fourth-order valence-electron chi connectivity index (χ4n) is 1.46. The zero-order valence-corrected chi connectivity index (χ0v) is 7.94. The van der Waals surface area contributed by atoms with Gasteiger partial charge in [0.2, 0.25) is 0 Å². The van der Waals surface area contributed by atoms with Crippen molar-refractivity contribution in [1.29, 1.82) is 0 Å². The van der Waals surface area contributed by atoms with Gasteiger partial charge in [-0.05, 0) is 16.3 Å². The minimum atomic E-state index is 0. The number of hydrogen-bond donors (Lipinski definition) is 1. The lowest BCUT2D eigenvalue weighted by atomic mass is 10.1. The third kappa shape index (κ3) is 1.98. The highest BCUT2D eigenvalue weighted by Crippen LogP contribution is 2.15. The molecule has 14 heavy (non-hydrogen) atoms. The molecule has 2 nitrogen and oxygen atoms in total. The number of benzene rings is 2. The van der Waals surface area contributed by atoms with Crippen LogP contribution in [0.4, 0.5) is 0 Å². The van der Waals surface area contributed by atoms with E-state index in [4.69, 9.17) is 0 Å². The van der Waals surface area contributed by atoms with Crippen LogP contribution in [-0.4, -0.2) is 6.29 Å². The average molecular weight is 189 g/mol. The normalized spacial score (nSPS) is 9.43. The molecule has 2 aromatic rings. The molecule has 0 fully saturated rings. The summed E-state index contributed by atoms with van der Waals surface area (Å²) in [6, 6.07) is 14.3. The molecule has 0 bridgehead atoms. The monoisotopic (exact) mass is 189 g/mol. The largest absolute Gasteiger partial charge is 0.344 e. The molecule has 0 radical (unpaired) electrons. The van der Waals surface area contributed by atoms with E-state index < -0.39 is 0 Å². The highest BCUT2D eigenvalue weighted by atomic mass is 16.1. The summed E-state index contributed by atoms with van der Waals surface area (Å²) in [5, 5.41) is 2.42. The van der Waals surface area contributed by atoms with Crippen LogP contribution >= 0.6 is 0 Å². The molecule has 0 aliphatic carbocycles. The van der Waals surface area contributed by atoms with E-state index in [0.717, 1.165) is 11.8 Å². The summed E-state index contributed by atoms with van der Waals surface area (Å²) in [6.07, 6.45) is 1.44. The van der Waals surface area contributed by atoms with Gasteiger partial charge in [0.25, 0.3) is 0 Å². The van der Waals surface area contributed by atoms with Crippen molar-refractivity contribution in [2.24, 2.45) is 0 Å². The van der Waals surface area contributed by atoms with E-state index in [0.29, 0.717) is 6.42 Å². The maximum absolute atomic E-state index is 10.3. The second-order valence-corrected chi connectivity index (χ2v) is 3.05. The van der Waals surface area contributed by atoms with Crippen molar-refractivity contribution in [3.05, 3.63) is 48.0 Å². The minimum Gasteiger partial charge on any atom is -0.344 e. The van der Waals surface area contributed by atoms with Crippen LogP contribution in [0, 0.1) is 0 Å². The number of carbonyl (C=O) groups excluding carboxylic acids is 1. The molecule has 2 aromatic carbocycles. The predicted molar refractivity (Wildman–Crippen MR) is 60.9 cm³/mol. The number of aldehydes is 1. The van der Waals surface area contributed by atoms with E-state index in [2.05, 4.69) is 18.2 Å². The van der Waals surface area contributed by atoms with Crippen molar-refractivity contribution in [2.45, 2.75) is 6.42 Å². The van der Waals surface area contributed by atoms with Crippen molar-refractivity contribution in [3.63, 3.8) is 0 Å². The molecule has 0 aliphatic rings. The van der Waals surface area contributed by atoms with Crippen LogP contribution in [0.1, 0.15) is 6.99 Å². The lowest BCUT2D eigenvalue weighted by molar-refractivity contribution is -0.107. The Balaban J connectivity index is 0.000000980. The van der Waals surface area contributed by atoms with Gasteiger partial charge in [-0.3, -0.25) is 0 Å². The van der Waals surface area contributed by atoms with E-state index in [1.54, 1.807) is 0 Å². The number of rotatable bonds is 2. The molecule has 0 aliphatic heterocycles. The van der Waals surface area contributed by atoms with Gasteiger partial charge in [0, 0.05) is 7.85 Å². The maximum Gasteiger partial charge on any atom is 0.124 e. The van der Waals surface area contributed by atoms with Crippen LogP contribution in [0.5, 0.6) is 0 Å². The summed E-state index contributed by atoms with van der Waals surface area (Å²) >= 11 is 0. The van der Waals surface area contributed by atoms with Crippen molar-refractivity contribution in [2.75, 3.05) is 0 Å². The zero-order valence-electron chi connectivity index (χ0n) is 7.94. The van der Waals surface area contributed by atoms with Crippen LogP contribution in [0.25, 0.3) is 10.8 Å². The van der Waals surface area contributed by atoms with Gasteiger partial charge >= 0.3 is 0 Å². The predicted octanol–water partition coefficient (Wildman–Crippen LogP) is 2.99. The third-order valence-electron chi connectivity index (χ3n) is 2.13. The number of hydrogen-bond acceptors (Lipinski definition) is 2. The van der Waals surface area contributed by atoms with Crippen LogP contribution in [0.3, 0.4) is 0 Å². The molecule has 2 heteroatoms. The summed E-state index contributed by atoms with van der Waals surface area (Å²) < 4.78 is 0. The summed E-state index contributed by atoms with van der Waals surface area (Å²) in [5.41, 5.74) is 1.08. The SMILES string of the molecule is N.O=CCc1ccc2ccccc2c1.[HH]. The first-order chi connectivity index (χ1) is 6.40. The molecule has 0 unspecified atom stereocenters. The Morgan fingerprint density at radius 2 is 1.79 bits per heavy atom. The first-order valence-corrected chi connectivity index (χ1v) is 4.31. The Labute approximate surface area is 84.6 Å². The van der Waals surface area contributed by atoms with E-state index in [1.165, 1.54) is 10.8 Å². The first-order valence-electron chi connectivity index (χ1n) is 4.31. The molecule has 0 saturated carbocycles. The minimum absolute atomic E-state index is 0. The summed E-state index contributed by atoms with van der Waals surface area (Å²) in [7, 11) is 0. The van der Waals surface area contributed by atoms with Crippen molar-refractivity contribution in [1.82, 2.24) is 6.15 Å². The van der Waals surface area contributed by atoms with Gasteiger partial charge in [-0.25, -0.2) is 0 Å². The van der Waals surface area contributed by atoms with Gasteiger partial charge in [-0.2, -0.15) is 0 Å². The van der Waals surface area contributed by atoms with Crippen LogP contribution in [0.15, 0.2) is 42.5 Å². The second-order valence-electron chi connectivity index (χ2n) is 3.05. The van der Waals surface area contributed by atoms with E-state index >= 15 is 0 Å². The Kier molecular flexibility index (Phi) is 3.37. The van der Waals surface area contributed by atoms with Crippen molar-refractivity contribution < 1.29 is 6.22 Å². The molecule has 3 N–H and O–H groups in total. The molecule has 0 aromatic heterocycles. The third-order valence-corrected chi connectivity index (χ3v) is 2.13. The van der Waals surface area contributed by atoms with Crippen LogP contribution in [-0.2, 0) is 11.2 Å². The molecule has 74 valence electrons.